The Balaban J connectivity index is 1.98. The maximum absolute atomic E-state index is 3.77. The summed E-state index contributed by atoms with van der Waals surface area (Å²) in [6.45, 7) is 10.5. The highest BCUT2D eigenvalue weighted by Crippen LogP contribution is 2.28. The van der Waals surface area contributed by atoms with Crippen molar-refractivity contribution in [2.75, 3.05) is 19.6 Å². The maximum atomic E-state index is 3.77. The first-order chi connectivity index (χ1) is 10.2. The second-order valence-corrected chi connectivity index (χ2v) is 6.70. The van der Waals surface area contributed by atoms with Crippen molar-refractivity contribution in [3.63, 3.8) is 0 Å². The Morgan fingerprint density at radius 2 is 1.90 bits per heavy atom. The molecule has 1 aliphatic rings. The van der Waals surface area contributed by atoms with E-state index in [0.717, 1.165) is 13.1 Å². The third-order valence-electron chi connectivity index (χ3n) is 5.14. The fraction of sp³-hybridized carbons (Fsp3) is 0.684. The van der Waals surface area contributed by atoms with Gasteiger partial charge in [0.1, 0.15) is 0 Å². The minimum absolute atomic E-state index is 0.317. The number of nitrogens with zero attached hydrogens (tertiary/aromatic N) is 1. The summed E-state index contributed by atoms with van der Waals surface area (Å²) in [5.74, 6) is 0. The summed E-state index contributed by atoms with van der Waals surface area (Å²) in [7, 11) is 0. The zero-order valence-electron chi connectivity index (χ0n) is 14.1. The standard InChI is InChI=1S/C19H32N2/c1-4-6-7-11-14-21-15-18(17-12-9-8-10-13-17)20-16-19(21,3)5-2/h8-10,12-13,18,20H,4-7,11,14-16H2,1-3H3. The molecule has 2 rings (SSSR count). The molecule has 0 bridgehead atoms. The van der Waals surface area contributed by atoms with Crippen LogP contribution >= 0.6 is 0 Å². The van der Waals surface area contributed by atoms with Crippen molar-refractivity contribution in [1.82, 2.24) is 10.2 Å². The summed E-state index contributed by atoms with van der Waals surface area (Å²) in [4.78, 5) is 2.73. The maximum Gasteiger partial charge on any atom is 0.0450 e. The van der Waals surface area contributed by atoms with Crippen LogP contribution in [0.1, 0.15) is 64.5 Å². The summed E-state index contributed by atoms with van der Waals surface area (Å²) < 4.78 is 0. The van der Waals surface area contributed by atoms with Crippen LogP contribution in [0, 0.1) is 0 Å². The SMILES string of the molecule is CCCCCCN1CC(c2ccccc2)NCC1(C)CC. The molecule has 0 radical (unpaired) electrons. The zero-order valence-corrected chi connectivity index (χ0v) is 14.1. The van der Waals surface area contributed by atoms with Gasteiger partial charge < -0.3 is 5.32 Å². The molecule has 0 spiro atoms. The number of nitrogens with one attached hydrogen (secondary N) is 1. The van der Waals surface area contributed by atoms with Gasteiger partial charge in [-0.1, -0.05) is 63.4 Å². The van der Waals surface area contributed by atoms with Crippen molar-refractivity contribution in [3.8, 4) is 0 Å². The average Bonchev–Trinajstić information content (AvgIpc) is 2.54. The number of piperazine rings is 1. The molecule has 0 aliphatic carbocycles. The number of rotatable bonds is 7. The van der Waals surface area contributed by atoms with Gasteiger partial charge in [-0.3, -0.25) is 4.90 Å². The lowest BCUT2D eigenvalue weighted by Crippen LogP contribution is -2.60. The fourth-order valence-corrected chi connectivity index (χ4v) is 3.31. The molecule has 21 heavy (non-hydrogen) atoms. The van der Waals surface area contributed by atoms with Gasteiger partial charge in [-0.05, 0) is 31.9 Å². The fourth-order valence-electron chi connectivity index (χ4n) is 3.31. The van der Waals surface area contributed by atoms with Gasteiger partial charge in [-0.2, -0.15) is 0 Å². The van der Waals surface area contributed by atoms with E-state index in [1.807, 2.05) is 0 Å². The highest BCUT2D eigenvalue weighted by atomic mass is 15.3. The molecular weight excluding hydrogens is 256 g/mol. The number of benzene rings is 1. The number of unbranched alkanes of at least 4 members (excludes halogenated alkanes) is 3. The van der Waals surface area contributed by atoms with Gasteiger partial charge in [-0.15, -0.1) is 0 Å². The third-order valence-corrected chi connectivity index (χ3v) is 5.14. The van der Waals surface area contributed by atoms with E-state index in [1.165, 1.54) is 44.2 Å². The van der Waals surface area contributed by atoms with Crippen molar-refractivity contribution in [2.45, 2.75) is 64.5 Å². The first-order valence-corrected chi connectivity index (χ1v) is 8.73. The second kappa shape index (κ2) is 7.95. The third kappa shape index (κ3) is 4.31. The molecule has 2 atom stereocenters. The average molecular weight is 288 g/mol. The van der Waals surface area contributed by atoms with E-state index >= 15 is 0 Å². The Morgan fingerprint density at radius 3 is 2.57 bits per heavy atom. The molecule has 2 nitrogen and oxygen atoms in total. The van der Waals surface area contributed by atoms with Crippen LogP contribution in [0.25, 0.3) is 0 Å². The smallest absolute Gasteiger partial charge is 0.0450 e. The summed E-state index contributed by atoms with van der Waals surface area (Å²) in [6, 6.07) is 11.4. The Labute approximate surface area is 130 Å². The molecule has 1 aromatic carbocycles. The second-order valence-electron chi connectivity index (χ2n) is 6.70. The van der Waals surface area contributed by atoms with Gasteiger partial charge in [-0.25, -0.2) is 0 Å². The molecule has 118 valence electrons. The largest absolute Gasteiger partial charge is 0.307 e. The zero-order chi connectivity index (χ0) is 15.1. The van der Waals surface area contributed by atoms with Gasteiger partial charge in [0.15, 0.2) is 0 Å². The lowest BCUT2D eigenvalue weighted by Gasteiger charge is -2.48. The van der Waals surface area contributed by atoms with Crippen LogP contribution in [0.15, 0.2) is 30.3 Å². The van der Waals surface area contributed by atoms with Crippen molar-refractivity contribution in [3.05, 3.63) is 35.9 Å². The minimum atomic E-state index is 0.317. The van der Waals surface area contributed by atoms with E-state index in [-0.39, 0.29) is 0 Å². The van der Waals surface area contributed by atoms with Crippen LogP contribution in [0.2, 0.25) is 0 Å². The van der Waals surface area contributed by atoms with Crippen LogP contribution in [-0.2, 0) is 0 Å². The molecule has 0 amide bonds. The summed E-state index contributed by atoms with van der Waals surface area (Å²) >= 11 is 0. The predicted octanol–water partition coefficient (Wildman–Crippen LogP) is 4.38. The van der Waals surface area contributed by atoms with Crippen LogP contribution in [0.3, 0.4) is 0 Å². The molecule has 2 heteroatoms. The van der Waals surface area contributed by atoms with E-state index in [1.54, 1.807) is 0 Å². The highest BCUT2D eigenvalue weighted by molar-refractivity contribution is 5.20. The van der Waals surface area contributed by atoms with Crippen LogP contribution in [0.5, 0.6) is 0 Å². The molecular formula is C19H32N2. The molecule has 1 aromatic rings. The van der Waals surface area contributed by atoms with Crippen LogP contribution in [-0.4, -0.2) is 30.1 Å². The molecule has 0 saturated carbocycles. The van der Waals surface area contributed by atoms with Crippen LogP contribution in [0.4, 0.5) is 0 Å². The van der Waals surface area contributed by atoms with E-state index in [2.05, 4.69) is 61.3 Å². The van der Waals surface area contributed by atoms with Gasteiger partial charge in [0.25, 0.3) is 0 Å². The van der Waals surface area contributed by atoms with E-state index in [0.29, 0.717) is 11.6 Å². The van der Waals surface area contributed by atoms with Crippen molar-refractivity contribution < 1.29 is 0 Å². The summed E-state index contributed by atoms with van der Waals surface area (Å²) in [5.41, 5.74) is 1.74. The van der Waals surface area contributed by atoms with Crippen LogP contribution < -0.4 is 5.32 Å². The van der Waals surface area contributed by atoms with Gasteiger partial charge in [0, 0.05) is 24.7 Å². The normalized spacial score (nSPS) is 26.9. The topological polar surface area (TPSA) is 15.3 Å². The monoisotopic (exact) mass is 288 g/mol. The Kier molecular flexibility index (Phi) is 6.25. The van der Waals surface area contributed by atoms with Crippen molar-refractivity contribution >= 4 is 0 Å². The molecule has 1 saturated heterocycles. The van der Waals surface area contributed by atoms with Crippen molar-refractivity contribution in [1.29, 1.82) is 0 Å². The first kappa shape index (κ1) is 16.5. The molecule has 1 aliphatic heterocycles. The lowest BCUT2D eigenvalue weighted by molar-refractivity contribution is 0.0470. The van der Waals surface area contributed by atoms with E-state index in [4.69, 9.17) is 0 Å². The minimum Gasteiger partial charge on any atom is -0.307 e. The highest BCUT2D eigenvalue weighted by Gasteiger charge is 2.36. The predicted molar refractivity (Wildman–Crippen MR) is 91.6 cm³/mol. The molecule has 1 heterocycles. The summed E-state index contributed by atoms with van der Waals surface area (Å²) in [5, 5.41) is 3.77. The Hall–Kier alpha value is -0.860. The molecule has 1 N–H and O–H groups in total. The van der Waals surface area contributed by atoms with Gasteiger partial charge in [0.2, 0.25) is 0 Å². The molecule has 2 unspecified atom stereocenters. The lowest BCUT2D eigenvalue weighted by atomic mass is 9.90. The van der Waals surface area contributed by atoms with Crippen molar-refractivity contribution in [2.24, 2.45) is 0 Å². The first-order valence-electron chi connectivity index (χ1n) is 8.73. The number of hydrogen-bond acceptors (Lipinski definition) is 2. The quantitative estimate of drug-likeness (QED) is 0.749. The summed E-state index contributed by atoms with van der Waals surface area (Å²) in [6.07, 6.45) is 6.62. The number of hydrogen-bond donors (Lipinski definition) is 1. The molecule has 0 aromatic heterocycles. The van der Waals surface area contributed by atoms with E-state index < -0.39 is 0 Å². The van der Waals surface area contributed by atoms with Gasteiger partial charge in [0.05, 0.1) is 0 Å². The molecule has 1 fully saturated rings. The van der Waals surface area contributed by atoms with Gasteiger partial charge >= 0.3 is 0 Å². The Morgan fingerprint density at radius 1 is 1.14 bits per heavy atom. The Bertz CT molecular complexity index is 403. The van der Waals surface area contributed by atoms with E-state index in [9.17, 15) is 0 Å².